The topological polar surface area (TPSA) is 20.3 Å². The van der Waals surface area contributed by atoms with E-state index in [1.807, 2.05) is 11.9 Å². The summed E-state index contributed by atoms with van der Waals surface area (Å²) in [6, 6.07) is 0. The zero-order valence-corrected chi connectivity index (χ0v) is 12.9. The second kappa shape index (κ2) is 7.31. The first kappa shape index (κ1) is 16.0. The van der Waals surface area contributed by atoms with Crippen molar-refractivity contribution in [3.05, 3.63) is 0 Å². The van der Waals surface area contributed by atoms with Crippen molar-refractivity contribution >= 4 is 21.8 Å². The monoisotopic (exact) mass is 291 g/mol. The Morgan fingerprint density at radius 1 is 1.38 bits per heavy atom. The van der Waals surface area contributed by atoms with Gasteiger partial charge in [0.25, 0.3) is 0 Å². The van der Waals surface area contributed by atoms with Gasteiger partial charge in [0.2, 0.25) is 5.91 Å². The Labute approximate surface area is 109 Å². The van der Waals surface area contributed by atoms with Gasteiger partial charge < -0.3 is 4.90 Å². The number of halogens is 1. The zero-order valence-electron chi connectivity index (χ0n) is 11.3. The van der Waals surface area contributed by atoms with Crippen LogP contribution in [-0.2, 0) is 4.79 Å². The summed E-state index contributed by atoms with van der Waals surface area (Å²) in [5.41, 5.74) is 0.314. The molecule has 0 heterocycles. The molecule has 3 heteroatoms. The summed E-state index contributed by atoms with van der Waals surface area (Å²) in [6.07, 6.45) is 2.80. The van der Waals surface area contributed by atoms with Gasteiger partial charge in [-0.25, -0.2) is 0 Å². The molecule has 1 unspecified atom stereocenters. The Morgan fingerprint density at radius 2 is 1.94 bits per heavy atom. The summed E-state index contributed by atoms with van der Waals surface area (Å²) in [5.74, 6) is 0.747. The molecule has 0 aromatic heterocycles. The number of alkyl halides is 1. The number of carbonyl (C=O) groups is 1. The van der Waals surface area contributed by atoms with Crippen molar-refractivity contribution < 1.29 is 4.79 Å². The Kier molecular flexibility index (Phi) is 7.29. The molecule has 0 rings (SSSR count). The lowest BCUT2D eigenvalue weighted by Gasteiger charge is -2.24. The largest absolute Gasteiger partial charge is 0.346 e. The third kappa shape index (κ3) is 8.14. The van der Waals surface area contributed by atoms with E-state index < -0.39 is 0 Å². The predicted molar refractivity (Wildman–Crippen MR) is 73.9 cm³/mol. The normalized spacial score (nSPS) is 13.6. The van der Waals surface area contributed by atoms with E-state index in [4.69, 9.17) is 0 Å². The van der Waals surface area contributed by atoms with Gasteiger partial charge in [-0.15, -0.1) is 0 Å². The lowest BCUT2D eigenvalue weighted by Crippen LogP contribution is -2.29. The molecule has 0 radical (unpaired) electrons. The third-order valence-electron chi connectivity index (χ3n) is 2.54. The van der Waals surface area contributed by atoms with Crippen molar-refractivity contribution in [2.45, 2.75) is 47.0 Å². The maximum atomic E-state index is 11.9. The van der Waals surface area contributed by atoms with Gasteiger partial charge in [-0.1, -0.05) is 43.6 Å². The van der Waals surface area contributed by atoms with Gasteiger partial charge in [0.1, 0.15) is 0 Å². The number of rotatable bonds is 6. The first-order valence-corrected chi connectivity index (χ1v) is 7.18. The molecule has 1 amide bonds. The Morgan fingerprint density at radius 3 is 2.38 bits per heavy atom. The predicted octanol–water partition coefficient (Wildman–Crippen LogP) is 3.69. The van der Waals surface area contributed by atoms with E-state index in [0.29, 0.717) is 17.8 Å². The minimum Gasteiger partial charge on any atom is -0.346 e. The highest BCUT2D eigenvalue weighted by Crippen LogP contribution is 2.26. The van der Waals surface area contributed by atoms with Gasteiger partial charge in [-0.3, -0.25) is 4.79 Å². The number of hydrogen-bond donors (Lipinski definition) is 0. The zero-order chi connectivity index (χ0) is 12.8. The van der Waals surface area contributed by atoms with E-state index in [1.165, 1.54) is 0 Å². The van der Waals surface area contributed by atoms with Crippen LogP contribution in [0, 0.1) is 11.3 Å². The highest BCUT2D eigenvalue weighted by molar-refractivity contribution is 9.09. The van der Waals surface area contributed by atoms with Crippen LogP contribution in [0.5, 0.6) is 0 Å². The number of amides is 1. The van der Waals surface area contributed by atoms with Crippen LogP contribution in [0.3, 0.4) is 0 Å². The molecule has 0 aliphatic rings. The second-order valence-electron chi connectivity index (χ2n) is 5.93. The maximum absolute atomic E-state index is 11.9. The number of carbonyl (C=O) groups excluding carboxylic acids is 1. The Bertz CT molecular complexity index is 210. The summed E-state index contributed by atoms with van der Waals surface area (Å²) in [6.45, 7) is 9.70. The Hall–Kier alpha value is -0.0500. The van der Waals surface area contributed by atoms with Gasteiger partial charge in [-0.2, -0.15) is 0 Å². The van der Waals surface area contributed by atoms with Gasteiger partial charge in [0.05, 0.1) is 0 Å². The van der Waals surface area contributed by atoms with E-state index in [9.17, 15) is 4.79 Å². The molecule has 0 spiro atoms. The molecular formula is C13H26BrNO. The van der Waals surface area contributed by atoms with Gasteiger partial charge >= 0.3 is 0 Å². The molecule has 0 N–H and O–H groups in total. The number of nitrogens with zero attached hydrogens (tertiary/aromatic N) is 1. The quantitative estimate of drug-likeness (QED) is 0.684. The van der Waals surface area contributed by atoms with Crippen molar-refractivity contribution in [3.63, 3.8) is 0 Å². The lowest BCUT2D eigenvalue weighted by atomic mass is 9.84. The smallest absolute Gasteiger partial charge is 0.222 e. The summed E-state index contributed by atoms with van der Waals surface area (Å²) >= 11 is 3.38. The van der Waals surface area contributed by atoms with Crippen LogP contribution in [0.1, 0.15) is 47.0 Å². The van der Waals surface area contributed by atoms with E-state index in [-0.39, 0.29) is 5.91 Å². The molecule has 0 aliphatic heterocycles. The van der Waals surface area contributed by atoms with Gasteiger partial charge in [0.15, 0.2) is 0 Å². The molecule has 1 atom stereocenters. The molecule has 0 fully saturated rings. The molecular weight excluding hydrogens is 266 g/mol. The van der Waals surface area contributed by atoms with Crippen LogP contribution in [0.15, 0.2) is 0 Å². The van der Waals surface area contributed by atoms with Crippen molar-refractivity contribution in [1.29, 1.82) is 0 Å². The third-order valence-corrected chi connectivity index (χ3v) is 3.10. The fourth-order valence-electron chi connectivity index (χ4n) is 1.99. The van der Waals surface area contributed by atoms with Crippen LogP contribution < -0.4 is 0 Å². The Balaban J connectivity index is 3.94. The highest BCUT2D eigenvalue weighted by atomic mass is 79.9. The lowest BCUT2D eigenvalue weighted by molar-refractivity contribution is -0.130. The summed E-state index contributed by atoms with van der Waals surface area (Å²) in [7, 11) is 1.90. The average molecular weight is 292 g/mol. The molecule has 16 heavy (non-hydrogen) atoms. The van der Waals surface area contributed by atoms with E-state index in [1.54, 1.807) is 0 Å². The van der Waals surface area contributed by atoms with Crippen LogP contribution >= 0.6 is 15.9 Å². The minimum absolute atomic E-state index is 0.276. The standard InChI is InChI=1S/C13H26BrNO/c1-11(10-13(2,3)4)9-12(16)15(5)8-6-7-14/h11H,6-10H2,1-5H3. The SMILES string of the molecule is CC(CC(=O)N(C)CCCBr)CC(C)(C)C. The molecule has 96 valence electrons. The average Bonchev–Trinajstić information content (AvgIpc) is 2.10. The highest BCUT2D eigenvalue weighted by Gasteiger charge is 2.19. The van der Waals surface area contributed by atoms with E-state index in [2.05, 4.69) is 43.6 Å². The molecule has 2 nitrogen and oxygen atoms in total. The van der Waals surface area contributed by atoms with Crippen LogP contribution in [0.4, 0.5) is 0 Å². The van der Waals surface area contributed by atoms with E-state index >= 15 is 0 Å². The molecule has 0 aromatic carbocycles. The van der Waals surface area contributed by atoms with Crippen molar-refractivity contribution in [2.75, 3.05) is 18.9 Å². The van der Waals surface area contributed by atoms with Gasteiger partial charge in [0, 0.05) is 25.3 Å². The second-order valence-corrected chi connectivity index (χ2v) is 6.72. The molecule has 0 saturated carbocycles. The van der Waals surface area contributed by atoms with Crippen molar-refractivity contribution in [3.8, 4) is 0 Å². The van der Waals surface area contributed by atoms with Crippen molar-refractivity contribution in [1.82, 2.24) is 4.90 Å². The van der Waals surface area contributed by atoms with Crippen LogP contribution in [0.2, 0.25) is 0 Å². The van der Waals surface area contributed by atoms with Crippen LogP contribution in [0.25, 0.3) is 0 Å². The molecule has 0 bridgehead atoms. The fraction of sp³-hybridized carbons (Fsp3) is 0.923. The maximum Gasteiger partial charge on any atom is 0.222 e. The van der Waals surface area contributed by atoms with Crippen molar-refractivity contribution in [2.24, 2.45) is 11.3 Å². The minimum atomic E-state index is 0.276. The molecule has 0 saturated heterocycles. The number of hydrogen-bond acceptors (Lipinski definition) is 1. The van der Waals surface area contributed by atoms with Gasteiger partial charge in [-0.05, 0) is 24.2 Å². The fourth-order valence-corrected chi connectivity index (χ4v) is 2.24. The first-order chi connectivity index (χ1) is 7.26. The summed E-state index contributed by atoms with van der Waals surface area (Å²) < 4.78 is 0. The first-order valence-electron chi connectivity index (χ1n) is 6.06. The summed E-state index contributed by atoms with van der Waals surface area (Å²) in [4.78, 5) is 13.7. The van der Waals surface area contributed by atoms with E-state index in [0.717, 1.165) is 24.7 Å². The summed E-state index contributed by atoms with van der Waals surface area (Å²) in [5, 5.41) is 0.960. The van der Waals surface area contributed by atoms with Crippen LogP contribution in [-0.4, -0.2) is 29.7 Å². The molecule has 0 aliphatic carbocycles. The molecule has 0 aromatic rings.